The average molecular weight is 183 g/mol. The van der Waals surface area contributed by atoms with Crippen molar-refractivity contribution >= 4 is 11.8 Å². The van der Waals surface area contributed by atoms with Crippen molar-refractivity contribution in [3.8, 4) is 0 Å². The highest BCUT2D eigenvalue weighted by atomic mass is 16.3. The second-order valence-electron chi connectivity index (χ2n) is 4.03. The van der Waals surface area contributed by atoms with E-state index >= 15 is 0 Å². The topological polar surface area (TPSA) is 57.6 Å². The Bertz CT molecular complexity index is 242. The van der Waals surface area contributed by atoms with Crippen LogP contribution in [0.2, 0.25) is 0 Å². The van der Waals surface area contributed by atoms with Gasteiger partial charge in [-0.1, -0.05) is 0 Å². The quantitative estimate of drug-likeness (QED) is 0.622. The predicted molar refractivity (Wildman–Crippen MR) is 44.7 cm³/mol. The zero-order valence-corrected chi connectivity index (χ0v) is 7.45. The van der Waals surface area contributed by atoms with Gasteiger partial charge >= 0.3 is 0 Å². The lowest BCUT2D eigenvalue weighted by Crippen LogP contribution is -2.36. The third kappa shape index (κ3) is 1.46. The van der Waals surface area contributed by atoms with Crippen LogP contribution in [0.15, 0.2) is 0 Å². The minimum absolute atomic E-state index is 0.0790. The van der Waals surface area contributed by atoms with Crippen molar-refractivity contribution in [3.63, 3.8) is 0 Å². The van der Waals surface area contributed by atoms with E-state index in [0.29, 0.717) is 19.4 Å². The Kier molecular flexibility index (Phi) is 1.87. The first-order valence-corrected chi connectivity index (χ1v) is 4.61. The number of hydrogen-bond donors (Lipinski definition) is 1. The summed E-state index contributed by atoms with van der Waals surface area (Å²) in [6, 6.07) is 0. The van der Waals surface area contributed by atoms with Gasteiger partial charge in [0.1, 0.15) is 0 Å². The Labute approximate surface area is 76.5 Å². The smallest absolute Gasteiger partial charge is 0.229 e. The van der Waals surface area contributed by atoms with Crippen LogP contribution in [-0.4, -0.2) is 35.0 Å². The van der Waals surface area contributed by atoms with Gasteiger partial charge < -0.3 is 5.11 Å². The molecule has 1 aliphatic heterocycles. The van der Waals surface area contributed by atoms with Crippen molar-refractivity contribution in [2.24, 2.45) is 5.41 Å². The summed E-state index contributed by atoms with van der Waals surface area (Å²) >= 11 is 0. The number of carbonyl (C=O) groups excluding carboxylic acids is 2. The molecule has 1 heterocycles. The van der Waals surface area contributed by atoms with Crippen LogP contribution < -0.4 is 0 Å². The van der Waals surface area contributed by atoms with Crippen LogP contribution in [0.1, 0.15) is 25.7 Å². The largest absolute Gasteiger partial charge is 0.396 e. The first-order valence-electron chi connectivity index (χ1n) is 4.61. The van der Waals surface area contributed by atoms with Crippen LogP contribution in [0.25, 0.3) is 0 Å². The highest BCUT2D eigenvalue weighted by Crippen LogP contribution is 2.46. The van der Waals surface area contributed by atoms with Gasteiger partial charge in [-0.2, -0.15) is 0 Å². The van der Waals surface area contributed by atoms with Gasteiger partial charge in [0.2, 0.25) is 11.8 Å². The minimum Gasteiger partial charge on any atom is -0.396 e. The highest BCUT2D eigenvalue weighted by molar-refractivity contribution is 6.01. The molecule has 2 fully saturated rings. The van der Waals surface area contributed by atoms with Crippen LogP contribution in [0.3, 0.4) is 0 Å². The Balaban J connectivity index is 2.01. The second kappa shape index (κ2) is 2.80. The number of aliphatic hydroxyl groups excluding tert-OH is 1. The van der Waals surface area contributed by atoms with E-state index in [9.17, 15) is 9.59 Å². The summed E-state index contributed by atoms with van der Waals surface area (Å²) in [7, 11) is 0. The summed E-state index contributed by atoms with van der Waals surface area (Å²) in [6.45, 7) is 0.519. The fraction of sp³-hybridized carbons (Fsp3) is 0.778. The zero-order chi connectivity index (χ0) is 9.47. The van der Waals surface area contributed by atoms with Crippen LogP contribution >= 0.6 is 0 Å². The molecule has 2 rings (SSSR count). The van der Waals surface area contributed by atoms with E-state index in [0.717, 1.165) is 12.8 Å². The van der Waals surface area contributed by atoms with Crippen LogP contribution in [0.5, 0.6) is 0 Å². The third-order valence-electron chi connectivity index (χ3n) is 2.94. The van der Waals surface area contributed by atoms with E-state index in [1.54, 1.807) is 0 Å². The lowest BCUT2D eigenvalue weighted by atomic mass is 10.1. The van der Waals surface area contributed by atoms with E-state index in [-0.39, 0.29) is 23.8 Å². The average Bonchev–Trinajstić information content (AvgIpc) is 2.84. The number of carbonyl (C=O) groups is 2. The molecule has 72 valence electrons. The first-order chi connectivity index (χ1) is 6.17. The summed E-state index contributed by atoms with van der Waals surface area (Å²) in [5, 5.41) is 9.04. The first kappa shape index (κ1) is 8.69. The molecule has 0 unspecified atom stereocenters. The summed E-state index contributed by atoms with van der Waals surface area (Å²) in [5.41, 5.74) is -0.143. The minimum atomic E-state index is -0.143. The lowest BCUT2D eigenvalue weighted by molar-refractivity contribution is -0.139. The summed E-state index contributed by atoms with van der Waals surface area (Å²) < 4.78 is 0. The number of imide groups is 1. The molecule has 4 heteroatoms. The number of aliphatic hydroxyl groups is 1. The molecule has 13 heavy (non-hydrogen) atoms. The molecule has 0 aromatic rings. The maximum Gasteiger partial charge on any atom is 0.229 e. The molecule has 0 bridgehead atoms. The molecule has 0 spiro atoms. The van der Waals surface area contributed by atoms with Crippen LogP contribution in [-0.2, 0) is 9.59 Å². The third-order valence-corrected chi connectivity index (χ3v) is 2.94. The normalized spacial score (nSPS) is 25.5. The molecule has 2 aliphatic rings. The highest BCUT2D eigenvalue weighted by Gasteiger charge is 2.46. The SMILES string of the molecule is O=C1CCC(=O)N1CC1(CO)CC1. The number of nitrogens with zero attached hydrogens (tertiary/aromatic N) is 1. The van der Waals surface area contributed by atoms with Gasteiger partial charge in [0.15, 0.2) is 0 Å². The van der Waals surface area contributed by atoms with Gasteiger partial charge in [-0.3, -0.25) is 14.5 Å². The molecular weight excluding hydrogens is 170 g/mol. The van der Waals surface area contributed by atoms with Crippen molar-refractivity contribution in [2.45, 2.75) is 25.7 Å². The van der Waals surface area contributed by atoms with Crippen molar-refractivity contribution in [3.05, 3.63) is 0 Å². The molecule has 0 radical (unpaired) electrons. The maximum atomic E-state index is 11.2. The van der Waals surface area contributed by atoms with E-state index in [1.807, 2.05) is 0 Å². The number of hydrogen-bond acceptors (Lipinski definition) is 3. The number of rotatable bonds is 3. The van der Waals surface area contributed by atoms with Gasteiger partial charge in [0, 0.05) is 24.8 Å². The van der Waals surface area contributed by atoms with Gasteiger partial charge in [0.25, 0.3) is 0 Å². The molecular formula is C9H13NO3. The Morgan fingerprint density at radius 3 is 2.15 bits per heavy atom. The lowest BCUT2D eigenvalue weighted by Gasteiger charge is -2.19. The molecule has 4 nitrogen and oxygen atoms in total. The number of likely N-dealkylation sites (tertiary alicyclic amines) is 1. The molecule has 1 saturated heterocycles. The fourth-order valence-corrected chi connectivity index (χ4v) is 1.68. The summed E-state index contributed by atoms with van der Waals surface area (Å²) in [5.74, 6) is -0.158. The maximum absolute atomic E-state index is 11.2. The Hall–Kier alpha value is -0.900. The molecule has 0 aromatic heterocycles. The van der Waals surface area contributed by atoms with Crippen LogP contribution in [0, 0.1) is 5.41 Å². The molecule has 1 N–H and O–H groups in total. The van der Waals surface area contributed by atoms with Gasteiger partial charge in [-0.25, -0.2) is 0 Å². The van der Waals surface area contributed by atoms with Crippen molar-refractivity contribution < 1.29 is 14.7 Å². The molecule has 1 saturated carbocycles. The van der Waals surface area contributed by atoms with E-state index in [2.05, 4.69) is 0 Å². The van der Waals surface area contributed by atoms with Gasteiger partial charge in [0.05, 0.1) is 6.61 Å². The van der Waals surface area contributed by atoms with Crippen molar-refractivity contribution in [2.75, 3.05) is 13.2 Å². The van der Waals surface area contributed by atoms with E-state index in [1.165, 1.54) is 4.90 Å². The van der Waals surface area contributed by atoms with Crippen molar-refractivity contribution in [1.29, 1.82) is 0 Å². The molecule has 0 atom stereocenters. The number of amides is 2. The summed E-state index contributed by atoms with van der Waals surface area (Å²) in [6.07, 6.45) is 2.56. The Morgan fingerprint density at radius 2 is 1.77 bits per heavy atom. The second-order valence-corrected chi connectivity index (χ2v) is 4.03. The van der Waals surface area contributed by atoms with Gasteiger partial charge in [-0.15, -0.1) is 0 Å². The predicted octanol–water partition coefficient (Wildman–Crippen LogP) is -0.0921. The van der Waals surface area contributed by atoms with Crippen LogP contribution in [0.4, 0.5) is 0 Å². The monoisotopic (exact) mass is 183 g/mol. The Morgan fingerprint density at radius 1 is 1.23 bits per heavy atom. The van der Waals surface area contributed by atoms with E-state index in [4.69, 9.17) is 5.11 Å². The van der Waals surface area contributed by atoms with Gasteiger partial charge in [-0.05, 0) is 12.8 Å². The fourth-order valence-electron chi connectivity index (χ4n) is 1.68. The molecule has 0 aromatic carbocycles. The standard InChI is InChI=1S/C9H13NO3/c11-6-9(3-4-9)5-10-7(12)1-2-8(10)13/h11H,1-6H2. The molecule has 1 aliphatic carbocycles. The van der Waals surface area contributed by atoms with E-state index < -0.39 is 0 Å². The summed E-state index contributed by atoms with van der Waals surface area (Å²) in [4.78, 5) is 23.8. The zero-order valence-electron chi connectivity index (χ0n) is 7.45. The molecule has 2 amide bonds. The van der Waals surface area contributed by atoms with Crippen molar-refractivity contribution in [1.82, 2.24) is 4.90 Å².